The Bertz CT molecular complexity index is 3020. The van der Waals surface area contributed by atoms with E-state index in [1.165, 1.54) is 22.3 Å². The summed E-state index contributed by atoms with van der Waals surface area (Å²) in [4.78, 5) is 19.1. The fourth-order valence-electron chi connectivity index (χ4n) is 9.25. The van der Waals surface area contributed by atoms with Crippen LogP contribution in [0.25, 0.3) is 90.9 Å². The van der Waals surface area contributed by atoms with Crippen LogP contribution in [0.15, 0.2) is 109 Å². The van der Waals surface area contributed by atoms with Crippen molar-refractivity contribution in [2.24, 2.45) is 0 Å². The van der Waals surface area contributed by atoms with Crippen LogP contribution in [-0.4, -0.2) is 30.1 Å². The van der Waals surface area contributed by atoms with Crippen LogP contribution in [0.4, 0.5) is 0 Å². The first-order valence-corrected chi connectivity index (χ1v) is 24.0. The van der Waals surface area contributed by atoms with Gasteiger partial charge in [-0.05, 0) is 126 Å². The van der Waals surface area contributed by atoms with Gasteiger partial charge in [-0.2, -0.15) is 0 Å². The summed E-state index contributed by atoms with van der Waals surface area (Å²) < 4.78 is 0. The molecule has 0 atom stereocenters. The molecule has 2 aliphatic heterocycles. The van der Waals surface area contributed by atoms with Gasteiger partial charge in [0.15, 0.2) is 0 Å². The molecule has 5 heterocycles. The van der Waals surface area contributed by atoms with E-state index in [0.29, 0.717) is 0 Å². The molecule has 3 aromatic heterocycles. The zero-order valence-electron chi connectivity index (χ0n) is 41.9. The highest BCUT2D eigenvalue weighted by atomic mass is 16.3. The van der Waals surface area contributed by atoms with Crippen molar-refractivity contribution in [3.05, 3.63) is 165 Å². The van der Waals surface area contributed by atoms with Gasteiger partial charge in [0.05, 0.1) is 36.0 Å². The zero-order valence-corrected chi connectivity index (χ0v) is 41.9. The summed E-state index contributed by atoms with van der Waals surface area (Å²) in [6.07, 6.45) is 8.59. The van der Waals surface area contributed by atoms with E-state index in [0.717, 1.165) is 100 Å². The average Bonchev–Trinajstić information content (AvgIpc) is 4.14. The number of H-pyrrole nitrogens is 2. The molecule has 0 saturated carbocycles. The summed E-state index contributed by atoms with van der Waals surface area (Å²) in [6, 6.07) is 39.1. The van der Waals surface area contributed by atoms with Crippen LogP contribution in [0.2, 0.25) is 0 Å². The standard InChI is InChI=1S/C62H66N4O2/c1-59(2,3)43-29-41(30-44(33-43)60(4,5)6)57-51-25-21-47(63-51)55(39-17-13-37(35-67)14-18-39)49-23-27-53(65-49)58(42-31-45(61(7,8)9)34-46(32-42)62(10,11)12)54-28-24-50(66-54)56(48-22-26-52(57)64-48)40-19-15-38(36-68)16-20-40/h13-34,63,66-68H,35-36H2,1-12H3. The minimum atomic E-state index is -0.103. The molecule has 68 heavy (non-hydrogen) atoms. The molecule has 7 aromatic rings. The number of hydrogen-bond donors (Lipinski definition) is 4. The SMILES string of the molecule is CC(C)(C)c1cc(-c2c3nc(c(-c4ccc(CO)cc4)c4ccc([nH]4)c(-c4cc(C(C)(C)C)cc(C(C)(C)C)c4)c4nc(c(-c5ccc(CO)cc5)c5ccc2[nH]5)C=C4)C=C3)cc(C(C)(C)C)c1. The smallest absolute Gasteiger partial charge is 0.0737 e. The zero-order chi connectivity index (χ0) is 48.5. The molecule has 2 aliphatic rings. The number of nitrogens with zero attached hydrogens (tertiary/aromatic N) is 2. The van der Waals surface area contributed by atoms with Crippen molar-refractivity contribution < 1.29 is 10.2 Å². The van der Waals surface area contributed by atoms with Gasteiger partial charge < -0.3 is 20.2 Å². The third kappa shape index (κ3) is 9.08. The summed E-state index contributed by atoms with van der Waals surface area (Å²) >= 11 is 0. The molecule has 4 N–H and O–H groups in total. The van der Waals surface area contributed by atoms with E-state index in [4.69, 9.17) is 9.97 Å². The lowest BCUT2D eigenvalue weighted by atomic mass is 9.78. The molecule has 9 rings (SSSR count). The molecule has 0 radical (unpaired) electrons. The number of aromatic nitrogens is 4. The van der Waals surface area contributed by atoms with Gasteiger partial charge in [-0.3, -0.25) is 0 Å². The minimum Gasteiger partial charge on any atom is -0.392 e. The Morgan fingerprint density at radius 2 is 0.588 bits per heavy atom. The topological polar surface area (TPSA) is 97.8 Å². The van der Waals surface area contributed by atoms with E-state index in [-0.39, 0.29) is 34.9 Å². The van der Waals surface area contributed by atoms with Crippen LogP contribution in [0.5, 0.6) is 0 Å². The summed E-state index contributed by atoms with van der Waals surface area (Å²) in [5, 5.41) is 20.2. The maximum Gasteiger partial charge on any atom is 0.0737 e. The van der Waals surface area contributed by atoms with E-state index in [1.807, 2.05) is 24.3 Å². The first kappa shape index (κ1) is 46.5. The molecule has 0 amide bonds. The number of aliphatic hydroxyl groups excluding tert-OH is 2. The van der Waals surface area contributed by atoms with Gasteiger partial charge in [-0.25, -0.2) is 9.97 Å². The fraction of sp³-hybridized carbons (Fsp3) is 0.290. The number of hydrogen-bond acceptors (Lipinski definition) is 4. The van der Waals surface area contributed by atoms with E-state index < -0.39 is 0 Å². The van der Waals surface area contributed by atoms with Crippen molar-refractivity contribution in [2.45, 2.75) is 118 Å². The van der Waals surface area contributed by atoms with Crippen molar-refractivity contribution in [1.29, 1.82) is 0 Å². The lowest BCUT2D eigenvalue weighted by Gasteiger charge is -2.26. The molecule has 0 unspecified atom stereocenters. The Balaban J connectivity index is 1.49. The van der Waals surface area contributed by atoms with Gasteiger partial charge in [-0.1, -0.05) is 168 Å². The van der Waals surface area contributed by atoms with E-state index in [9.17, 15) is 10.2 Å². The van der Waals surface area contributed by atoms with Gasteiger partial charge in [0.1, 0.15) is 0 Å². The lowest BCUT2D eigenvalue weighted by molar-refractivity contribution is 0.281. The van der Waals surface area contributed by atoms with Gasteiger partial charge in [0.2, 0.25) is 0 Å². The van der Waals surface area contributed by atoms with E-state index >= 15 is 0 Å². The second kappa shape index (κ2) is 17.2. The van der Waals surface area contributed by atoms with Crippen molar-refractivity contribution in [1.82, 2.24) is 19.9 Å². The molecule has 8 bridgehead atoms. The van der Waals surface area contributed by atoms with Crippen molar-refractivity contribution in [2.75, 3.05) is 0 Å². The number of fused-ring (bicyclic) bond motifs is 8. The Kier molecular flexibility index (Phi) is 11.7. The first-order valence-electron chi connectivity index (χ1n) is 24.0. The third-order valence-electron chi connectivity index (χ3n) is 13.5. The van der Waals surface area contributed by atoms with Crippen LogP contribution in [0.3, 0.4) is 0 Å². The van der Waals surface area contributed by atoms with Gasteiger partial charge in [0, 0.05) is 44.3 Å². The van der Waals surface area contributed by atoms with Crippen LogP contribution in [0.1, 0.15) is 139 Å². The Morgan fingerprint density at radius 1 is 0.338 bits per heavy atom. The number of nitrogens with one attached hydrogen (secondary N) is 2. The molecule has 0 aliphatic carbocycles. The van der Waals surface area contributed by atoms with Gasteiger partial charge >= 0.3 is 0 Å². The van der Waals surface area contributed by atoms with Crippen LogP contribution in [-0.2, 0) is 34.9 Å². The number of benzene rings is 4. The van der Waals surface area contributed by atoms with Gasteiger partial charge in [0.25, 0.3) is 0 Å². The molecule has 4 aromatic carbocycles. The normalized spacial score (nSPS) is 13.1. The molecule has 0 fully saturated rings. The Morgan fingerprint density at radius 3 is 0.824 bits per heavy atom. The maximum absolute atomic E-state index is 10.1. The Labute approximate surface area is 402 Å². The largest absolute Gasteiger partial charge is 0.392 e. The highest BCUT2D eigenvalue weighted by Crippen LogP contribution is 2.42. The summed E-state index contributed by atoms with van der Waals surface area (Å²) in [6.45, 7) is 27.3. The van der Waals surface area contributed by atoms with Crippen molar-refractivity contribution in [3.63, 3.8) is 0 Å². The predicted molar refractivity (Wildman–Crippen MR) is 287 cm³/mol. The number of aromatic amines is 2. The lowest BCUT2D eigenvalue weighted by Crippen LogP contribution is -2.16. The van der Waals surface area contributed by atoms with E-state index in [1.54, 1.807) is 0 Å². The average molecular weight is 899 g/mol. The fourth-order valence-corrected chi connectivity index (χ4v) is 9.25. The monoisotopic (exact) mass is 899 g/mol. The molecule has 0 spiro atoms. The first-order chi connectivity index (χ1) is 32.1. The molecular formula is C62H66N4O2. The summed E-state index contributed by atoms with van der Waals surface area (Å²) in [5.74, 6) is 0. The molecule has 6 nitrogen and oxygen atoms in total. The van der Waals surface area contributed by atoms with Gasteiger partial charge in [-0.15, -0.1) is 0 Å². The summed E-state index contributed by atoms with van der Waals surface area (Å²) in [5.41, 5.74) is 21.5. The van der Waals surface area contributed by atoms with Crippen molar-refractivity contribution >= 4 is 46.4 Å². The predicted octanol–water partition coefficient (Wildman–Crippen LogP) is 15.5. The molecule has 0 saturated heterocycles. The Hall–Kier alpha value is -6.60. The van der Waals surface area contributed by atoms with Crippen molar-refractivity contribution in [3.8, 4) is 44.5 Å². The van der Waals surface area contributed by atoms with Crippen LogP contribution < -0.4 is 0 Å². The third-order valence-corrected chi connectivity index (χ3v) is 13.5. The summed E-state index contributed by atoms with van der Waals surface area (Å²) in [7, 11) is 0. The number of aliphatic hydroxyl groups is 2. The molecular weight excluding hydrogens is 833 g/mol. The highest BCUT2D eigenvalue weighted by Gasteiger charge is 2.26. The molecule has 346 valence electrons. The highest BCUT2D eigenvalue weighted by molar-refractivity contribution is 6.00. The number of rotatable bonds is 6. The second-order valence-electron chi connectivity index (χ2n) is 22.8. The second-order valence-corrected chi connectivity index (χ2v) is 22.8. The van der Waals surface area contributed by atoms with E-state index in [2.05, 4.69) is 202 Å². The minimum absolute atomic E-state index is 0.0358. The molecule has 6 heteroatoms. The maximum atomic E-state index is 10.1. The van der Waals surface area contributed by atoms with Crippen LogP contribution >= 0.6 is 0 Å². The quantitative estimate of drug-likeness (QED) is 0.134. The van der Waals surface area contributed by atoms with Crippen LogP contribution in [0, 0.1) is 0 Å².